The molecule has 1 fully saturated rings. The van der Waals surface area contributed by atoms with E-state index in [1.807, 2.05) is 30.4 Å². The van der Waals surface area contributed by atoms with Crippen LogP contribution in [0.25, 0.3) is 0 Å². The first kappa shape index (κ1) is 22.7. The Labute approximate surface area is 173 Å². The molecule has 1 aromatic rings. The van der Waals surface area contributed by atoms with Gasteiger partial charge in [-0.1, -0.05) is 45.7 Å². The Balaban J connectivity index is 2.31. The number of carbonyl (C=O) groups is 2. The minimum absolute atomic E-state index is 0.0180. The van der Waals surface area contributed by atoms with Gasteiger partial charge in [0.1, 0.15) is 11.2 Å². The van der Waals surface area contributed by atoms with Crippen LogP contribution in [0.1, 0.15) is 64.3 Å². The molecule has 28 heavy (non-hydrogen) atoms. The molecule has 2 amide bonds. The van der Waals surface area contributed by atoms with Crippen molar-refractivity contribution < 1.29 is 9.59 Å². The normalized spacial score (nSPS) is 19.1. The predicted molar refractivity (Wildman–Crippen MR) is 111 cm³/mol. The van der Waals surface area contributed by atoms with Crippen LogP contribution in [-0.4, -0.2) is 45.6 Å². The fraction of sp³-hybridized carbons (Fsp3) is 0.750. The van der Waals surface area contributed by atoms with E-state index in [0.29, 0.717) is 17.6 Å². The molecule has 3 atom stereocenters. The monoisotopic (exact) mass is 411 g/mol. The maximum Gasteiger partial charge on any atom is 0.245 e. The summed E-state index contributed by atoms with van der Waals surface area (Å²) in [5.74, 6) is 0.0656. The Morgan fingerprint density at radius 1 is 1.36 bits per heavy atom. The number of rotatable bonds is 8. The Hall–Kier alpha value is -1.60. The van der Waals surface area contributed by atoms with E-state index in [-0.39, 0.29) is 30.3 Å². The van der Waals surface area contributed by atoms with Gasteiger partial charge in [0, 0.05) is 18.7 Å². The minimum Gasteiger partial charge on any atom is -0.343 e. The summed E-state index contributed by atoms with van der Waals surface area (Å²) in [5.41, 5.74) is 7.24. The lowest BCUT2D eigenvalue weighted by Crippen LogP contribution is -2.52. The van der Waals surface area contributed by atoms with Crippen LogP contribution in [0.5, 0.6) is 0 Å². The van der Waals surface area contributed by atoms with Crippen LogP contribution in [0, 0.1) is 18.8 Å². The standard InChI is InChI=1S/C20H34ClN5O2/c1-6-13(4)18(23-16(27)10-22)20(28)25-9-7-8-15(25)17-14(5)24-26(19(17)21)11-12(2)3/h12-13,15,18H,6-11,22H2,1-5H3,(H,23,27)/t13-,15?,18-/m0/s1. The van der Waals surface area contributed by atoms with Crippen LogP contribution in [-0.2, 0) is 16.1 Å². The van der Waals surface area contributed by atoms with Gasteiger partial charge in [0.2, 0.25) is 11.8 Å². The number of nitrogens with zero attached hydrogens (tertiary/aromatic N) is 3. The van der Waals surface area contributed by atoms with Crippen molar-refractivity contribution in [1.82, 2.24) is 20.0 Å². The van der Waals surface area contributed by atoms with Gasteiger partial charge in [-0.15, -0.1) is 0 Å². The maximum atomic E-state index is 13.4. The summed E-state index contributed by atoms with van der Waals surface area (Å²) < 4.78 is 1.83. The SMILES string of the molecule is CC[C@H](C)[C@H](NC(=O)CN)C(=O)N1CCCC1c1c(C)nn(CC(C)C)c1Cl. The third-order valence-corrected chi connectivity index (χ3v) is 5.90. The summed E-state index contributed by atoms with van der Waals surface area (Å²) in [7, 11) is 0. The van der Waals surface area contributed by atoms with Crippen LogP contribution in [0.2, 0.25) is 5.15 Å². The number of nitrogens with two attached hydrogens (primary N) is 1. The molecule has 2 heterocycles. The molecule has 3 N–H and O–H groups in total. The van der Waals surface area contributed by atoms with Crippen LogP contribution in [0.4, 0.5) is 0 Å². The second kappa shape index (κ2) is 9.74. The molecule has 0 aromatic carbocycles. The van der Waals surface area contributed by atoms with Crippen molar-refractivity contribution in [3.8, 4) is 0 Å². The highest BCUT2D eigenvalue weighted by Gasteiger charge is 2.38. The zero-order chi connectivity index (χ0) is 21.0. The number of nitrogens with one attached hydrogen (secondary N) is 1. The molecular formula is C20H34ClN5O2. The van der Waals surface area contributed by atoms with Gasteiger partial charge in [-0.3, -0.25) is 14.3 Å². The highest BCUT2D eigenvalue weighted by Crippen LogP contribution is 2.38. The van der Waals surface area contributed by atoms with Gasteiger partial charge in [-0.2, -0.15) is 5.10 Å². The molecule has 1 aliphatic rings. The van der Waals surface area contributed by atoms with E-state index in [2.05, 4.69) is 24.3 Å². The highest BCUT2D eigenvalue weighted by atomic mass is 35.5. The van der Waals surface area contributed by atoms with Crippen molar-refractivity contribution in [2.24, 2.45) is 17.6 Å². The summed E-state index contributed by atoms with van der Waals surface area (Å²) in [6, 6.07) is -0.686. The summed E-state index contributed by atoms with van der Waals surface area (Å²) in [5, 5.41) is 8.04. The lowest BCUT2D eigenvalue weighted by atomic mass is 9.96. The molecule has 1 saturated heterocycles. The lowest BCUT2D eigenvalue weighted by molar-refractivity contribution is -0.138. The van der Waals surface area contributed by atoms with Gasteiger partial charge >= 0.3 is 0 Å². The molecule has 0 radical (unpaired) electrons. The van der Waals surface area contributed by atoms with E-state index in [9.17, 15) is 9.59 Å². The fourth-order valence-electron chi connectivity index (χ4n) is 3.84. The third-order valence-electron chi connectivity index (χ3n) is 5.50. The molecular weight excluding hydrogens is 378 g/mol. The zero-order valence-corrected chi connectivity index (χ0v) is 18.4. The van der Waals surface area contributed by atoms with Gasteiger partial charge in [0.05, 0.1) is 18.3 Å². The Bertz CT molecular complexity index is 703. The topological polar surface area (TPSA) is 93.2 Å². The van der Waals surface area contributed by atoms with Gasteiger partial charge in [-0.05, 0) is 31.6 Å². The molecule has 1 aliphatic heterocycles. The first-order valence-electron chi connectivity index (χ1n) is 10.2. The first-order chi connectivity index (χ1) is 13.2. The number of aromatic nitrogens is 2. The van der Waals surface area contributed by atoms with Crippen molar-refractivity contribution in [3.05, 3.63) is 16.4 Å². The van der Waals surface area contributed by atoms with Crippen LogP contribution in [0.15, 0.2) is 0 Å². The molecule has 158 valence electrons. The quantitative estimate of drug-likeness (QED) is 0.687. The van der Waals surface area contributed by atoms with E-state index in [4.69, 9.17) is 17.3 Å². The van der Waals surface area contributed by atoms with Crippen LogP contribution >= 0.6 is 11.6 Å². The number of likely N-dealkylation sites (tertiary alicyclic amines) is 1. The number of carbonyl (C=O) groups excluding carboxylic acids is 2. The number of hydrogen-bond donors (Lipinski definition) is 2. The number of hydrogen-bond acceptors (Lipinski definition) is 4. The average Bonchev–Trinajstić information content (AvgIpc) is 3.22. The molecule has 7 nitrogen and oxygen atoms in total. The van der Waals surface area contributed by atoms with Crippen molar-refractivity contribution in [1.29, 1.82) is 0 Å². The van der Waals surface area contributed by atoms with Gasteiger partial charge in [0.25, 0.3) is 0 Å². The molecule has 0 saturated carbocycles. The average molecular weight is 412 g/mol. The largest absolute Gasteiger partial charge is 0.343 e. The molecule has 1 aromatic heterocycles. The van der Waals surface area contributed by atoms with Crippen molar-refractivity contribution in [3.63, 3.8) is 0 Å². The van der Waals surface area contributed by atoms with Gasteiger partial charge in [0.15, 0.2) is 0 Å². The van der Waals surface area contributed by atoms with E-state index >= 15 is 0 Å². The molecule has 1 unspecified atom stereocenters. The maximum absolute atomic E-state index is 13.4. The van der Waals surface area contributed by atoms with Crippen LogP contribution in [0.3, 0.4) is 0 Å². The number of halogens is 1. The molecule has 8 heteroatoms. The molecule has 0 spiro atoms. The highest BCUT2D eigenvalue weighted by molar-refractivity contribution is 6.30. The van der Waals surface area contributed by atoms with Crippen molar-refractivity contribution in [2.75, 3.05) is 13.1 Å². The third kappa shape index (κ3) is 4.87. The van der Waals surface area contributed by atoms with Gasteiger partial charge < -0.3 is 16.0 Å². The van der Waals surface area contributed by atoms with Gasteiger partial charge in [-0.25, -0.2) is 0 Å². The second-order valence-electron chi connectivity index (χ2n) is 8.19. The van der Waals surface area contributed by atoms with Crippen molar-refractivity contribution >= 4 is 23.4 Å². The summed E-state index contributed by atoms with van der Waals surface area (Å²) in [6.07, 6.45) is 2.53. The first-order valence-corrected chi connectivity index (χ1v) is 10.6. The zero-order valence-electron chi connectivity index (χ0n) is 17.7. The fourth-order valence-corrected chi connectivity index (χ4v) is 4.21. The minimum atomic E-state index is -0.577. The number of amides is 2. The van der Waals surface area contributed by atoms with Crippen LogP contribution < -0.4 is 11.1 Å². The predicted octanol–water partition coefficient (Wildman–Crippen LogP) is 2.65. The summed E-state index contributed by atoms with van der Waals surface area (Å²) >= 11 is 6.68. The molecule has 0 aliphatic carbocycles. The smallest absolute Gasteiger partial charge is 0.245 e. The second-order valence-corrected chi connectivity index (χ2v) is 8.55. The number of aryl methyl sites for hydroxylation is 1. The Kier molecular flexibility index (Phi) is 7.89. The Morgan fingerprint density at radius 2 is 2.04 bits per heavy atom. The van der Waals surface area contributed by atoms with E-state index < -0.39 is 6.04 Å². The lowest BCUT2D eigenvalue weighted by Gasteiger charge is -2.32. The van der Waals surface area contributed by atoms with E-state index in [0.717, 1.165) is 37.1 Å². The summed E-state index contributed by atoms with van der Waals surface area (Å²) in [6.45, 7) is 11.4. The molecule has 2 rings (SSSR count). The summed E-state index contributed by atoms with van der Waals surface area (Å²) in [4.78, 5) is 27.1. The van der Waals surface area contributed by atoms with E-state index in [1.54, 1.807) is 0 Å². The van der Waals surface area contributed by atoms with Crippen molar-refractivity contribution in [2.45, 2.75) is 72.5 Å². The Morgan fingerprint density at radius 3 is 2.61 bits per heavy atom. The van der Waals surface area contributed by atoms with E-state index in [1.165, 1.54) is 0 Å². The molecule has 0 bridgehead atoms.